The number of carbonyl (C=O) groups excluding carboxylic acids is 1. The number of nitrogens with zero attached hydrogens (tertiary/aromatic N) is 1. The Kier molecular flexibility index (Phi) is 6.17. The van der Waals surface area contributed by atoms with Crippen LogP contribution in [0.1, 0.15) is 30.2 Å². The molecule has 1 atom stereocenters. The van der Waals surface area contributed by atoms with Gasteiger partial charge in [-0.15, -0.1) is 24.9 Å². The van der Waals surface area contributed by atoms with Crippen LogP contribution in [-0.4, -0.2) is 41.2 Å². The number of rotatable bonds is 7. The zero-order valence-corrected chi connectivity index (χ0v) is 13.2. The summed E-state index contributed by atoms with van der Waals surface area (Å²) in [7, 11) is 0. The Morgan fingerprint density at radius 1 is 1.30 bits per heavy atom. The molecule has 1 unspecified atom stereocenters. The van der Waals surface area contributed by atoms with E-state index in [1.54, 1.807) is 11.0 Å². The lowest BCUT2D eigenvalue weighted by Gasteiger charge is -2.24. The first-order valence-corrected chi connectivity index (χ1v) is 8.33. The van der Waals surface area contributed by atoms with E-state index in [1.165, 1.54) is 30.0 Å². The summed E-state index contributed by atoms with van der Waals surface area (Å²) in [5.41, 5.74) is 0.616. The van der Waals surface area contributed by atoms with Crippen molar-refractivity contribution in [1.29, 1.82) is 0 Å². The molecule has 0 aromatic heterocycles. The molecule has 1 fully saturated rings. The SMILES string of the molecule is O=C1CSC(c2cccc(OC(F)(F)F)c2)N1CCCCCO. The van der Waals surface area contributed by atoms with E-state index in [-0.39, 0.29) is 23.6 Å². The van der Waals surface area contributed by atoms with E-state index >= 15 is 0 Å². The second-order valence-corrected chi connectivity index (χ2v) is 6.22. The predicted octanol–water partition coefficient (Wildman–Crippen LogP) is 3.32. The van der Waals surface area contributed by atoms with Crippen LogP contribution in [0.25, 0.3) is 0 Å². The fraction of sp³-hybridized carbons (Fsp3) is 0.533. The topological polar surface area (TPSA) is 49.8 Å². The number of benzene rings is 1. The van der Waals surface area contributed by atoms with Crippen LogP contribution in [0.3, 0.4) is 0 Å². The molecule has 0 radical (unpaired) electrons. The Morgan fingerprint density at radius 3 is 2.78 bits per heavy atom. The third kappa shape index (κ3) is 5.31. The van der Waals surface area contributed by atoms with E-state index in [2.05, 4.69) is 4.74 Å². The molecule has 1 amide bonds. The second kappa shape index (κ2) is 7.92. The summed E-state index contributed by atoms with van der Waals surface area (Å²) >= 11 is 1.39. The van der Waals surface area contributed by atoms with Gasteiger partial charge in [0.2, 0.25) is 5.91 Å². The van der Waals surface area contributed by atoms with Gasteiger partial charge in [0.25, 0.3) is 0 Å². The third-order valence-corrected chi connectivity index (χ3v) is 4.66. The number of amides is 1. The molecule has 0 aliphatic carbocycles. The largest absolute Gasteiger partial charge is 0.573 e. The molecular formula is C15H18F3NO3S. The third-order valence-electron chi connectivity index (χ3n) is 3.40. The maximum Gasteiger partial charge on any atom is 0.573 e. The van der Waals surface area contributed by atoms with Crippen molar-refractivity contribution < 1.29 is 27.8 Å². The zero-order chi connectivity index (χ0) is 16.9. The molecule has 8 heteroatoms. The molecular weight excluding hydrogens is 331 g/mol. The molecule has 1 aliphatic heterocycles. The van der Waals surface area contributed by atoms with E-state index in [9.17, 15) is 18.0 Å². The van der Waals surface area contributed by atoms with Crippen LogP contribution in [0.15, 0.2) is 24.3 Å². The maximum atomic E-state index is 12.3. The van der Waals surface area contributed by atoms with Crippen molar-refractivity contribution in [3.63, 3.8) is 0 Å². The number of aliphatic hydroxyl groups excluding tert-OH is 1. The molecule has 4 nitrogen and oxygen atoms in total. The summed E-state index contributed by atoms with van der Waals surface area (Å²) in [6, 6.07) is 5.75. The Hall–Kier alpha value is -1.41. The molecule has 0 saturated carbocycles. The van der Waals surface area contributed by atoms with Gasteiger partial charge in [-0.25, -0.2) is 0 Å². The molecule has 0 spiro atoms. The molecule has 1 aliphatic rings. The van der Waals surface area contributed by atoms with E-state index < -0.39 is 6.36 Å². The maximum absolute atomic E-state index is 12.3. The van der Waals surface area contributed by atoms with Crippen LogP contribution >= 0.6 is 11.8 Å². The molecule has 1 saturated heterocycles. The molecule has 2 rings (SSSR count). The van der Waals surface area contributed by atoms with Crippen molar-refractivity contribution in [1.82, 2.24) is 4.90 Å². The summed E-state index contributed by atoms with van der Waals surface area (Å²) < 4.78 is 40.9. The van der Waals surface area contributed by atoms with Crippen molar-refractivity contribution in [2.24, 2.45) is 0 Å². The second-order valence-electron chi connectivity index (χ2n) is 5.16. The van der Waals surface area contributed by atoms with Crippen molar-refractivity contribution in [3.05, 3.63) is 29.8 Å². The van der Waals surface area contributed by atoms with Gasteiger partial charge in [0.15, 0.2) is 0 Å². The summed E-state index contributed by atoms with van der Waals surface area (Å²) in [4.78, 5) is 13.7. The highest BCUT2D eigenvalue weighted by molar-refractivity contribution is 8.00. The predicted molar refractivity (Wildman–Crippen MR) is 81.0 cm³/mol. The standard InChI is InChI=1S/C15H18F3NO3S/c16-15(17,18)22-12-6-4-5-11(9-12)14-19(13(21)10-23-14)7-2-1-3-8-20/h4-6,9,14,20H,1-3,7-8,10H2. The van der Waals surface area contributed by atoms with Crippen LogP contribution < -0.4 is 4.74 Å². The van der Waals surface area contributed by atoms with Crippen molar-refractivity contribution in [2.45, 2.75) is 31.0 Å². The highest BCUT2D eigenvalue weighted by Crippen LogP contribution is 2.40. The highest BCUT2D eigenvalue weighted by atomic mass is 32.2. The van der Waals surface area contributed by atoms with Crippen molar-refractivity contribution >= 4 is 17.7 Å². The number of aliphatic hydroxyl groups is 1. The molecule has 128 valence electrons. The Balaban J connectivity index is 2.06. The molecule has 0 bridgehead atoms. The van der Waals surface area contributed by atoms with E-state index in [1.807, 2.05) is 0 Å². The number of alkyl halides is 3. The average Bonchev–Trinajstić information content (AvgIpc) is 2.83. The molecule has 1 heterocycles. The van der Waals surface area contributed by atoms with Crippen LogP contribution in [0.2, 0.25) is 0 Å². The molecule has 1 N–H and O–H groups in total. The Bertz CT molecular complexity index is 539. The summed E-state index contributed by atoms with van der Waals surface area (Å²) in [6.45, 7) is 0.643. The number of thioether (sulfide) groups is 1. The van der Waals surface area contributed by atoms with Gasteiger partial charge in [-0.3, -0.25) is 4.79 Å². The van der Waals surface area contributed by atoms with E-state index in [0.29, 0.717) is 24.3 Å². The smallest absolute Gasteiger partial charge is 0.406 e. The Labute approximate surface area is 136 Å². The summed E-state index contributed by atoms with van der Waals surface area (Å²) in [6.07, 6.45) is -2.51. The number of ether oxygens (including phenoxy) is 1. The first-order chi connectivity index (χ1) is 10.9. The van der Waals surface area contributed by atoms with Gasteiger partial charge in [0.05, 0.1) is 5.75 Å². The molecule has 1 aromatic rings. The van der Waals surface area contributed by atoms with Gasteiger partial charge in [0.1, 0.15) is 11.1 Å². The van der Waals surface area contributed by atoms with Gasteiger partial charge >= 0.3 is 6.36 Å². The van der Waals surface area contributed by atoms with Gasteiger partial charge in [-0.1, -0.05) is 12.1 Å². The average molecular weight is 349 g/mol. The fourth-order valence-electron chi connectivity index (χ4n) is 2.41. The molecule has 23 heavy (non-hydrogen) atoms. The lowest BCUT2D eigenvalue weighted by molar-refractivity contribution is -0.274. The van der Waals surface area contributed by atoms with Crippen LogP contribution in [-0.2, 0) is 4.79 Å². The lowest BCUT2D eigenvalue weighted by atomic mass is 10.1. The number of carbonyl (C=O) groups is 1. The minimum absolute atomic E-state index is 0.0221. The molecule has 1 aromatic carbocycles. The van der Waals surface area contributed by atoms with E-state index in [0.717, 1.165) is 12.8 Å². The number of hydrogen-bond acceptors (Lipinski definition) is 4. The lowest BCUT2D eigenvalue weighted by Crippen LogP contribution is -2.29. The van der Waals surface area contributed by atoms with Crippen molar-refractivity contribution in [3.8, 4) is 5.75 Å². The van der Waals surface area contributed by atoms with Crippen LogP contribution in [0.5, 0.6) is 5.75 Å². The number of unbranched alkanes of at least 4 members (excludes halogenated alkanes) is 2. The number of hydrogen-bond donors (Lipinski definition) is 1. The van der Waals surface area contributed by atoms with Crippen molar-refractivity contribution in [2.75, 3.05) is 18.9 Å². The van der Waals surface area contributed by atoms with Crippen LogP contribution in [0, 0.1) is 0 Å². The minimum atomic E-state index is -4.73. The zero-order valence-electron chi connectivity index (χ0n) is 12.4. The van der Waals surface area contributed by atoms with E-state index in [4.69, 9.17) is 5.11 Å². The van der Waals surface area contributed by atoms with Gasteiger partial charge in [0, 0.05) is 13.2 Å². The van der Waals surface area contributed by atoms with Gasteiger partial charge < -0.3 is 14.7 Å². The Morgan fingerprint density at radius 2 is 2.09 bits per heavy atom. The van der Waals surface area contributed by atoms with Gasteiger partial charge in [-0.2, -0.15) is 0 Å². The quantitative estimate of drug-likeness (QED) is 0.767. The number of halogens is 3. The normalized spacial score (nSPS) is 18.5. The summed E-state index contributed by atoms with van der Waals surface area (Å²) in [5.74, 6) is 0.0102. The first-order valence-electron chi connectivity index (χ1n) is 7.28. The summed E-state index contributed by atoms with van der Waals surface area (Å²) in [5, 5.41) is 8.48. The minimum Gasteiger partial charge on any atom is -0.406 e. The van der Waals surface area contributed by atoms with Crippen LogP contribution in [0.4, 0.5) is 13.2 Å². The first kappa shape index (κ1) is 17.9. The monoisotopic (exact) mass is 349 g/mol. The highest BCUT2D eigenvalue weighted by Gasteiger charge is 2.34. The fourth-order valence-corrected chi connectivity index (χ4v) is 3.62. The van der Waals surface area contributed by atoms with Gasteiger partial charge in [-0.05, 0) is 37.0 Å².